The van der Waals surface area contributed by atoms with E-state index in [4.69, 9.17) is 22.6 Å². The topological polar surface area (TPSA) is 344 Å². The molecule has 6 amide bonds. The lowest BCUT2D eigenvalue weighted by Gasteiger charge is -2.37. The van der Waals surface area contributed by atoms with Crippen molar-refractivity contribution in [3.05, 3.63) is 29.8 Å². The zero-order valence-electron chi connectivity index (χ0n) is 40.4. The molecular formula is C46H75N13O9. The summed E-state index contributed by atoms with van der Waals surface area (Å²) in [5.74, 6) is -5.46. The number of carboxylic acids is 1. The smallest absolute Gasteiger partial charge is 0.326 e. The molecule has 3 heterocycles. The van der Waals surface area contributed by atoms with Crippen LogP contribution in [-0.2, 0) is 40.0 Å². The van der Waals surface area contributed by atoms with E-state index in [1.54, 1.807) is 37.8 Å². The number of aromatic hydroxyl groups is 1. The van der Waals surface area contributed by atoms with Crippen LogP contribution in [0.3, 0.4) is 0 Å². The lowest BCUT2D eigenvalue weighted by atomic mass is 9.85. The number of rotatable bonds is 21. The summed E-state index contributed by atoms with van der Waals surface area (Å²) in [6.07, 6.45) is 3.38. The average Bonchev–Trinajstić information content (AvgIpc) is 3.94. The number of likely N-dealkylation sites (N-methyl/N-ethyl adjacent to an activating group) is 1. The Morgan fingerprint density at radius 1 is 0.779 bits per heavy atom. The van der Waals surface area contributed by atoms with E-state index in [0.29, 0.717) is 44.3 Å². The van der Waals surface area contributed by atoms with Gasteiger partial charge in [0.25, 0.3) is 0 Å². The van der Waals surface area contributed by atoms with Gasteiger partial charge in [0.1, 0.15) is 42.0 Å². The van der Waals surface area contributed by atoms with E-state index in [0.717, 1.165) is 13.0 Å². The van der Waals surface area contributed by atoms with Gasteiger partial charge in [-0.2, -0.15) is 0 Å². The van der Waals surface area contributed by atoms with Crippen molar-refractivity contribution in [2.45, 2.75) is 141 Å². The van der Waals surface area contributed by atoms with E-state index in [-0.39, 0.29) is 80.6 Å². The van der Waals surface area contributed by atoms with Crippen LogP contribution in [0, 0.1) is 22.7 Å². The van der Waals surface area contributed by atoms with Crippen molar-refractivity contribution in [3.8, 4) is 5.75 Å². The third-order valence-electron chi connectivity index (χ3n) is 12.9. The van der Waals surface area contributed by atoms with Crippen molar-refractivity contribution in [1.29, 1.82) is 5.41 Å². The molecule has 3 aliphatic heterocycles. The quantitative estimate of drug-likeness (QED) is 0.0412. The van der Waals surface area contributed by atoms with Crippen molar-refractivity contribution >= 4 is 53.3 Å². The van der Waals surface area contributed by atoms with Crippen LogP contribution >= 0.6 is 0 Å². The minimum Gasteiger partial charge on any atom is -0.508 e. The van der Waals surface area contributed by atoms with E-state index in [2.05, 4.69) is 31.6 Å². The third-order valence-corrected chi connectivity index (χ3v) is 12.9. The summed E-state index contributed by atoms with van der Waals surface area (Å²) in [5.41, 5.74) is 16.5. The average molecular weight is 954 g/mol. The molecule has 1 aromatic rings. The van der Waals surface area contributed by atoms with Gasteiger partial charge in [0.05, 0.1) is 6.04 Å². The van der Waals surface area contributed by atoms with E-state index in [1.807, 2.05) is 25.8 Å². The molecule has 14 N–H and O–H groups in total. The molecule has 22 nitrogen and oxygen atoms in total. The number of nitrogens with zero attached hydrogens (tertiary/aromatic N) is 4. The highest BCUT2D eigenvalue weighted by molar-refractivity contribution is 5.97. The number of hydrogen-bond acceptors (Lipinski definition) is 11. The van der Waals surface area contributed by atoms with E-state index >= 15 is 0 Å². The number of likely N-dealkylation sites (tertiary alicyclic amines) is 3. The summed E-state index contributed by atoms with van der Waals surface area (Å²) in [7, 11) is 1.85. The van der Waals surface area contributed by atoms with Crippen molar-refractivity contribution < 1.29 is 43.8 Å². The van der Waals surface area contributed by atoms with Gasteiger partial charge >= 0.3 is 5.97 Å². The van der Waals surface area contributed by atoms with Crippen LogP contribution in [0.25, 0.3) is 0 Å². The Morgan fingerprint density at radius 2 is 1.38 bits per heavy atom. The Bertz CT molecular complexity index is 1980. The zero-order valence-corrected chi connectivity index (χ0v) is 40.4. The number of benzene rings is 1. The molecule has 22 heteroatoms. The van der Waals surface area contributed by atoms with Gasteiger partial charge in [-0.05, 0) is 106 Å². The molecular weight excluding hydrogens is 879 g/mol. The molecule has 7 atom stereocenters. The Morgan fingerprint density at radius 3 is 1.94 bits per heavy atom. The zero-order chi connectivity index (χ0) is 50.5. The summed E-state index contributed by atoms with van der Waals surface area (Å²) >= 11 is 0. The number of amides is 6. The number of guanidine groups is 2. The largest absolute Gasteiger partial charge is 0.508 e. The minimum atomic E-state index is -1.30. The minimum absolute atomic E-state index is 0.0221. The molecule has 4 unspecified atom stereocenters. The number of carbonyl (C=O) groups excluding carboxylic acids is 6. The van der Waals surface area contributed by atoms with Crippen LogP contribution in [0.2, 0.25) is 0 Å². The van der Waals surface area contributed by atoms with Crippen LogP contribution in [0.1, 0.15) is 98.0 Å². The summed E-state index contributed by atoms with van der Waals surface area (Å²) in [6.45, 7) is 10.6. The lowest BCUT2D eigenvalue weighted by Crippen LogP contribution is -2.62. The molecule has 0 radical (unpaired) electrons. The van der Waals surface area contributed by atoms with Gasteiger partial charge in [-0.3, -0.25) is 44.1 Å². The Balaban J connectivity index is 1.60. The van der Waals surface area contributed by atoms with Crippen LogP contribution in [0.4, 0.5) is 0 Å². The number of hydrogen-bond donors (Lipinski definition) is 11. The first-order valence-corrected chi connectivity index (χ1v) is 23.6. The van der Waals surface area contributed by atoms with Crippen molar-refractivity contribution in [2.75, 3.05) is 39.8 Å². The molecule has 0 bridgehead atoms. The molecule has 378 valence electrons. The van der Waals surface area contributed by atoms with Crippen LogP contribution in [-0.4, -0.2) is 160 Å². The molecule has 3 saturated heterocycles. The number of aliphatic imine (C=N–C) groups is 1. The number of nitrogens with two attached hydrogens (primary N) is 3. The number of carboxylic acid groups (broad SMARTS) is 1. The molecule has 0 aromatic heterocycles. The monoisotopic (exact) mass is 954 g/mol. The summed E-state index contributed by atoms with van der Waals surface area (Å²) in [6, 6.07) is -1.45. The highest BCUT2D eigenvalue weighted by atomic mass is 16.4. The molecule has 0 aliphatic carbocycles. The summed E-state index contributed by atoms with van der Waals surface area (Å²) in [4.78, 5) is 106. The summed E-state index contributed by atoms with van der Waals surface area (Å²) in [5, 5.41) is 41.7. The Labute approximate surface area is 398 Å². The van der Waals surface area contributed by atoms with Gasteiger partial charge in [0.15, 0.2) is 11.9 Å². The second-order valence-electron chi connectivity index (χ2n) is 19.8. The highest BCUT2D eigenvalue weighted by Crippen LogP contribution is 2.25. The van der Waals surface area contributed by atoms with E-state index in [1.165, 1.54) is 17.0 Å². The van der Waals surface area contributed by atoms with Crippen molar-refractivity contribution in [1.82, 2.24) is 41.3 Å². The molecule has 4 rings (SSSR count). The molecule has 3 fully saturated rings. The van der Waals surface area contributed by atoms with Crippen LogP contribution in [0.15, 0.2) is 29.3 Å². The standard InChI is InChI=1S/C46H75N13O9/c1-26(2)24-32(43(67)68)54-41(65)36(46(3,4)5)56-37(61)31(25-27-13-15-29(60)16-14-27)53-39(63)34-12-9-21-59(34)42(66)30(10-7-19-51-44(47)48)52-40(64)35(28-17-22-58(23-18-28)45(49)50)55-38(62)33-11-8-20-57(33)6/h13-16,26,28,30-36,60H,7-12,17-25H2,1-6H3,(H3,49,50)(H,52,64)(H,53,63)(H,54,65)(H,55,62)(H,56,61)(H,67,68)(H4,47,48,51)/t30-,31-,32-,33?,34?,35?,36?/m0/s1. The number of phenolic OH excluding ortho intramolecular Hbond substituents is 1. The first-order chi connectivity index (χ1) is 32.0. The normalized spacial score (nSPS) is 20.0. The maximum absolute atomic E-state index is 14.7. The number of piperidine rings is 1. The predicted octanol–water partition coefficient (Wildman–Crippen LogP) is -0.720. The van der Waals surface area contributed by atoms with Gasteiger partial charge in [-0.25, -0.2) is 4.79 Å². The lowest BCUT2D eigenvalue weighted by molar-refractivity contribution is -0.144. The molecule has 1 aromatic carbocycles. The fraction of sp³-hybridized carbons (Fsp3) is 0.674. The number of aliphatic carboxylic acids is 1. The number of carbonyl (C=O) groups is 7. The number of nitrogens with one attached hydrogen (secondary N) is 6. The second kappa shape index (κ2) is 24.7. The fourth-order valence-corrected chi connectivity index (χ4v) is 9.10. The van der Waals surface area contributed by atoms with Gasteiger partial charge < -0.3 is 63.8 Å². The maximum Gasteiger partial charge on any atom is 0.326 e. The summed E-state index contributed by atoms with van der Waals surface area (Å²) < 4.78 is 0. The first-order valence-electron chi connectivity index (χ1n) is 23.6. The van der Waals surface area contributed by atoms with E-state index in [9.17, 15) is 43.8 Å². The molecule has 68 heavy (non-hydrogen) atoms. The van der Waals surface area contributed by atoms with E-state index < -0.39 is 83.2 Å². The van der Waals surface area contributed by atoms with Crippen molar-refractivity contribution in [2.24, 2.45) is 39.4 Å². The van der Waals surface area contributed by atoms with Gasteiger partial charge in [-0.1, -0.05) is 46.8 Å². The van der Waals surface area contributed by atoms with Gasteiger partial charge in [-0.15, -0.1) is 0 Å². The maximum atomic E-state index is 14.7. The SMILES string of the molecule is CC(C)C[C@H](NC(=O)C(NC(=O)[C@H](Cc1ccc(O)cc1)NC(=O)C1CCCN1C(=O)[C@H](CCCN=C(N)N)NC(=O)C(NC(=O)C1CCCN1C)C1CCN(C(=N)N)CC1)C(C)(C)C)C(=O)O. The Kier molecular flexibility index (Phi) is 19.8. The van der Waals surface area contributed by atoms with Crippen molar-refractivity contribution in [3.63, 3.8) is 0 Å². The van der Waals surface area contributed by atoms with Crippen LogP contribution < -0.4 is 43.8 Å². The highest BCUT2D eigenvalue weighted by Gasteiger charge is 2.43. The third kappa shape index (κ3) is 15.7. The fourth-order valence-electron chi connectivity index (χ4n) is 9.10. The van der Waals surface area contributed by atoms with Gasteiger partial charge in [0, 0.05) is 32.6 Å². The molecule has 0 spiro atoms. The van der Waals surface area contributed by atoms with Crippen LogP contribution in [0.5, 0.6) is 5.75 Å². The predicted molar refractivity (Wildman–Crippen MR) is 255 cm³/mol. The molecule has 3 aliphatic rings. The first kappa shape index (κ1) is 54.4. The number of phenols is 1. The van der Waals surface area contributed by atoms with Gasteiger partial charge in [0.2, 0.25) is 35.4 Å². The molecule has 0 saturated carbocycles. The Hall–Kier alpha value is -6.19. The second-order valence-corrected chi connectivity index (χ2v) is 19.8.